The second-order valence-corrected chi connectivity index (χ2v) is 5.40. The predicted octanol–water partition coefficient (Wildman–Crippen LogP) is 3.70. The summed E-state index contributed by atoms with van der Waals surface area (Å²) in [6, 6.07) is 12.4. The molecule has 2 aromatic carbocycles. The smallest absolute Gasteiger partial charge is 0.368 e. The Bertz CT molecular complexity index is 841. The highest BCUT2D eigenvalue weighted by Crippen LogP contribution is 2.33. The van der Waals surface area contributed by atoms with Crippen LogP contribution in [0.1, 0.15) is 11.1 Å². The third-order valence-electron chi connectivity index (χ3n) is 3.55. The fourth-order valence-corrected chi connectivity index (χ4v) is 2.53. The molecule has 0 bridgehead atoms. The summed E-state index contributed by atoms with van der Waals surface area (Å²) in [6.45, 7) is 0. The molecule has 0 aliphatic carbocycles. The van der Waals surface area contributed by atoms with E-state index in [4.69, 9.17) is 25.9 Å². The molecule has 0 radical (unpaired) electrons. The van der Waals surface area contributed by atoms with Crippen LogP contribution in [0.15, 0.2) is 53.2 Å². The summed E-state index contributed by atoms with van der Waals surface area (Å²) in [6.07, 6.45) is 1.67. The topological polar surface area (TPSA) is 57.1 Å². The monoisotopic (exact) mass is 343 g/mol. The van der Waals surface area contributed by atoms with E-state index in [0.29, 0.717) is 33.4 Å². The molecule has 0 saturated carbocycles. The lowest BCUT2D eigenvalue weighted by Gasteiger charge is -2.10. The fourth-order valence-electron chi connectivity index (χ4n) is 2.41. The van der Waals surface area contributed by atoms with Gasteiger partial charge in [-0.25, -0.2) is 4.79 Å². The van der Waals surface area contributed by atoms with Crippen molar-refractivity contribution in [1.29, 1.82) is 0 Å². The lowest BCUT2D eigenvalue weighted by molar-refractivity contribution is -0.136. The van der Waals surface area contributed by atoms with Crippen molar-refractivity contribution in [2.75, 3.05) is 14.2 Å². The number of halogens is 1. The molecule has 122 valence electrons. The van der Waals surface area contributed by atoms with E-state index in [1.165, 1.54) is 0 Å². The van der Waals surface area contributed by atoms with Gasteiger partial charge in [0.25, 0.3) is 0 Å². The lowest BCUT2D eigenvalue weighted by Crippen LogP contribution is -2.07. The van der Waals surface area contributed by atoms with Crippen molar-refractivity contribution in [3.63, 3.8) is 0 Å². The van der Waals surface area contributed by atoms with Gasteiger partial charge in [0.2, 0.25) is 0 Å². The zero-order valence-electron chi connectivity index (χ0n) is 13.1. The number of nitrogens with zero attached hydrogens (tertiary/aromatic N) is 1. The molecule has 0 atom stereocenters. The van der Waals surface area contributed by atoms with Crippen molar-refractivity contribution >= 4 is 29.4 Å². The fraction of sp³-hybridized carbons (Fsp3) is 0.111. The number of ether oxygens (including phenoxy) is 2. The number of rotatable bonds is 4. The van der Waals surface area contributed by atoms with E-state index in [0.717, 1.165) is 5.56 Å². The number of methoxy groups -OCH3 is 2. The van der Waals surface area contributed by atoms with Crippen LogP contribution >= 0.6 is 11.6 Å². The van der Waals surface area contributed by atoms with Crippen LogP contribution in [0.2, 0.25) is 5.02 Å². The van der Waals surface area contributed by atoms with Gasteiger partial charge in [0.05, 0.1) is 19.8 Å². The number of oxime groups is 1. The maximum Gasteiger partial charge on any atom is 0.368 e. The third kappa shape index (κ3) is 2.98. The van der Waals surface area contributed by atoms with E-state index in [1.54, 1.807) is 50.6 Å². The van der Waals surface area contributed by atoms with Gasteiger partial charge in [0, 0.05) is 16.1 Å². The second-order valence-electron chi connectivity index (χ2n) is 4.97. The van der Waals surface area contributed by atoms with Crippen LogP contribution in [0.3, 0.4) is 0 Å². The van der Waals surface area contributed by atoms with E-state index in [2.05, 4.69) is 5.16 Å². The Morgan fingerprint density at radius 1 is 1.08 bits per heavy atom. The molecule has 0 unspecified atom stereocenters. The second kappa shape index (κ2) is 6.76. The van der Waals surface area contributed by atoms with Gasteiger partial charge in [-0.3, -0.25) is 0 Å². The maximum absolute atomic E-state index is 12.1. The molecule has 5 nitrogen and oxygen atoms in total. The van der Waals surface area contributed by atoms with Crippen molar-refractivity contribution in [2.45, 2.75) is 0 Å². The zero-order chi connectivity index (χ0) is 17.1. The minimum atomic E-state index is -0.523. The quantitative estimate of drug-likeness (QED) is 0.627. The third-order valence-corrected chi connectivity index (χ3v) is 3.80. The summed E-state index contributed by atoms with van der Waals surface area (Å²) in [5.41, 5.74) is 2.20. The average Bonchev–Trinajstić information content (AvgIpc) is 2.96. The van der Waals surface area contributed by atoms with Gasteiger partial charge in [-0.05, 0) is 24.3 Å². The van der Waals surface area contributed by atoms with Crippen molar-refractivity contribution in [3.8, 4) is 11.5 Å². The molecule has 3 rings (SSSR count). The zero-order valence-corrected chi connectivity index (χ0v) is 13.8. The number of carbonyl (C=O) groups excluding carboxylic acids is 1. The first-order valence-corrected chi connectivity index (χ1v) is 7.50. The minimum absolute atomic E-state index is 0.337. The molecule has 0 N–H and O–H groups in total. The van der Waals surface area contributed by atoms with Crippen molar-refractivity contribution in [2.24, 2.45) is 5.16 Å². The summed E-state index contributed by atoms with van der Waals surface area (Å²) >= 11 is 5.90. The van der Waals surface area contributed by atoms with Gasteiger partial charge < -0.3 is 14.3 Å². The Kier molecular flexibility index (Phi) is 4.53. The summed E-state index contributed by atoms with van der Waals surface area (Å²) < 4.78 is 10.7. The van der Waals surface area contributed by atoms with Gasteiger partial charge >= 0.3 is 5.97 Å². The molecule has 0 spiro atoms. The number of hydrogen-bond acceptors (Lipinski definition) is 5. The van der Waals surface area contributed by atoms with Crippen LogP contribution in [0.25, 0.3) is 6.08 Å². The van der Waals surface area contributed by atoms with Gasteiger partial charge in [0.1, 0.15) is 5.71 Å². The molecule has 0 aromatic heterocycles. The molecule has 2 aromatic rings. The van der Waals surface area contributed by atoms with Gasteiger partial charge in [0.15, 0.2) is 11.5 Å². The van der Waals surface area contributed by atoms with Crippen LogP contribution in [0.4, 0.5) is 0 Å². The summed E-state index contributed by atoms with van der Waals surface area (Å²) in [7, 11) is 3.10. The van der Waals surface area contributed by atoms with Crippen LogP contribution in [-0.4, -0.2) is 25.9 Å². The normalized spacial score (nSPS) is 15.2. The number of benzene rings is 2. The molecule has 1 aliphatic rings. The predicted molar refractivity (Wildman–Crippen MR) is 91.6 cm³/mol. The number of carbonyl (C=O) groups is 1. The summed E-state index contributed by atoms with van der Waals surface area (Å²) in [5, 5.41) is 4.48. The Labute approximate surface area is 144 Å². The van der Waals surface area contributed by atoms with E-state index in [9.17, 15) is 4.79 Å². The van der Waals surface area contributed by atoms with E-state index < -0.39 is 5.97 Å². The first-order valence-electron chi connectivity index (χ1n) is 7.12. The highest BCUT2D eigenvalue weighted by atomic mass is 35.5. The molecular formula is C18H14ClNO4. The molecule has 0 fully saturated rings. The Balaban J connectivity index is 2.06. The van der Waals surface area contributed by atoms with Crippen molar-refractivity contribution in [1.82, 2.24) is 0 Å². The van der Waals surface area contributed by atoms with Gasteiger partial charge in [-0.1, -0.05) is 41.0 Å². The summed E-state index contributed by atoms with van der Waals surface area (Å²) in [4.78, 5) is 16.9. The van der Waals surface area contributed by atoms with E-state index in [1.807, 2.05) is 12.1 Å². The molecule has 24 heavy (non-hydrogen) atoms. The SMILES string of the molecule is COc1cccc(C=C2C(=O)ON=C2c2ccc(Cl)cc2)c1OC. The Hall–Kier alpha value is -2.79. The highest BCUT2D eigenvalue weighted by molar-refractivity contribution is 6.32. The molecule has 1 aliphatic heterocycles. The van der Waals surface area contributed by atoms with Crippen LogP contribution in [0, 0.1) is 0 Å². The Morgan fingerprint density at radius 2 is 1.83 bits per heavy atom. The van der Waals surface area contributed by atoms with Crippen LogP contribution in [-0.2, 0) is 9.63 Å². The van der Waals surface area contributed by atoms with Crippen molar-refractivity contribution in [3.05, 3.63) is 64.2 Å². The first kappa shape index (κ1) is 16.1. The number of hydrogen-bond donors (Lipinski definition) is 0. The summed E-state index contributed by atoms with van der Waals surface area (Å²) in [5.74, 6) is 0.579. The van der Waals surface area contributed by atoms with Crippen LogP contribution in [0.5, 0.6) is 11.5 Å². The maximum atomic E-state index is 12.1. The van der Waals surface area contributed by atoms with Gasteiger partial charge in [-0.2, -0.15) is 0 Å². The van der Waals surface area contributed by atoms with Crippen LogP contribution < -0.4 is 9.47 Å². The molecule has 1 heterocycles. The molecule has 0 amide bonds. The molecule has 0 saturated heterocycles. The van der Waals surface area contributed by atoms with E-state index >= 15 is 0 Å². The van der Waals surface area contributed by atoms with E-state index in [-0.39, 0.29) is 0 Å². The Morgan fingerprint density at radius 3 is 2.50 bits per heavy atom. The average molecular weight is 344 g/mol. The number of para-hydroxylation sites is 1. The lowest BCUT2D eigenvalue weighted by atomic mass is 10.0. The largest absolute Gasteiger partial charge is 0.493 e. The minimum Gasteiger partial charge on any atom is -0.493 e. The molecular weight excluding hydrogens is 330 g/mol. The van der Waals surface area contributed by atoms with Gasteiger partial charge in [-0.15, -0.1) is 0 Å². The molecule has 6 heteroatoms. The first-order chi connectivity index (χ1) is 11.6. The highest BCUT2D eigenvalue weighted by Gasteiger charge is 2.27. The standard InChI is InChI=1S/C18H14ClNO4/c1-22-15-5-3-4-12(17(15)23-2)10-14-16(20-24-18(14)21)11-6-8-13(19)9-7-11/h3-10H,1-2H3. The van der Waals surface area contributed by atoms with Crippen molar-refractivity contribution < 1.29 is 19.1 Å².